The van der Waals surface area contributed by atoms with Crippen molar-refractivity contribution in [2.75, 3.05) is 12.8 Å². The average Bonchev–Trinajstić information content (AvgIpc) is 2.50. The number of sulfone groups is 1. The van der Waals surface area contributed by atoms with Gasteiger partial charge in [0.05, 0.1) is 11.4 Å². The van der Waals surface area contributed by atoms with Crippen LogP contribution >= 0.6 is 0 Å². The lowest BCUT2D eigenvalue weighted by molar-refractivity contribution is 0.346. The maximum atomic E-state index is 11.5. The first-order valence-electron chi connectivity index (χ1n) is 8.85. The van der Waals surface area contributed by atoms with E-state index in [9.17, 15) is 8.42 Å². The lowest BCUT2D eigenvalue weighted by Crippen LogP contribution is -2.42. The smallest absolute Gasteiger partial charge is 0.191 e. The summed E-state index contributed by atoms with van der Waals surface area (Å²) >= 11 is 0. The van der Waals surface area contributed by atoms with E-state index in [0.29, 0.717) is 22.9 Å². The molecular weight excluding hydrogens is 334 g/mol. The summed E-state index contributed by atoms with van der Waals surface area (Å²) in [5.74, 6) is 0.788. The first-order valence-corrected chi connectivity index (χ1v) is 10.7. The molecule has 1 rings (SSSR count). The molecule has 0 aliphatic carbocycles. The molecule has 1 atom stereocenters. The topological polar surface area (TPSA) is 70.6 Å². The van der Waals surface area contributed by atoms with E-state index in [2.05, 4.69) is 43.3 Å². The Kier molecular flexibility index (Phi) is 7.93. The summed E-state index contributed by atoms with van der Waals surface area (Å²) in [7, 11) is -3.15. The fourth-order valence-electron chi connectivity index (χ4n) is 2.29. The summed E-state index contributed by atoms with van der Waals surface area (Å²) in [4.78, 5) is 4.94. The molecule has 0 heterocycles. The summed E-state index contributed by atoms with van der Waals surface area (Å²) in [5, 5.41) is 6.70. The Morgan fingerprint density at radius 3 is 2.28 bits per heavy atom. The molecule has 0 fully saturated rings. The normalized spacial score (nSPS) is 14.2. The van der Waals surface area contributed by atoms with Gasteiger partial charge in [-0.25, -0.2) is 13.4 Å². The van der Waals surface area contributed by atoms with Gasteiger partial charge in [-0.3, -0.25) is 0 Å². The van der Waals surface area contributed by atoms with Crippen LogP contribution in [0.3, 0.4) is 0 Å². The van der Waals surface area contributed by atoms with Crippen LogP contribution in [0.25, 0.3) is 0 Å². The van der Waals surface area contributed by atoms with Gasteiger partial charge in [-0.1, -0.05) is 32.9 Å². The van der Waals surface area contributed by atoms with Crippen LogP contribution in [-0.2, 0) is 16.4 Å². The highest BCUT2D eigenvalue weighted by Gasteiger charge is 2.13. The van der Waals surface area contributed by atoms with Crippen LogP contribution in [0.4, 0.5) is 0 Å². The predicted molar refractivity (Wildman–Crippen MR) is 106 cm³/mol. The standard InChI is InChI=1S/C19H33N3O2S/c1-7-20-18(22-15(2)12-13-19(3,4)5)21-14-16-8-10-17(11-9-16)25(6,23)24/h8-11,15H,7,12-14H2,1-6H3,(H2,20,21,22). The van der Waals surface area contributed by atoms with Crippen LogP contribution in [0.15, 0.2) is 34.2 Å². The molecule has 0 radical (unpaired) electrons. The summed E-state index contributed by atoms with van der Waals surface area (Å²) in [6.07, 6.45) is 3.44. The summed E-state index contributed by atoms with van der Waals surface area (Å²) in [6, 6.07) is 7.22. The van der Waals surface area contributed by atoms with Gasteiger partial charge in [0.15, 0.2) is 15.8 Å². The van der Waals surface area contributed by atoms with Gasteiger partial charge in [-0.05, 0) is 49.8 Å². The second-order valence-corrected chi connectivity index (χ2v) is 9.77. The van der Waals surface area contributed by atoms with Gasteiger partial charge >= 0.3 is 0 Å². The Hall–Kier alpha value is -1.56. The summed E-state index contributed by atoms with van der Waals surface area (Å²) in [6.45, 7) is 12.3. The molecule has 5 nitrogen and oxygen atoms in total. The molecule has 0 bridgehead atoms. The first-order chi connectivity index (χ1) is 11.5. The highest BCUT2D eigenvalue weighted by atomic mass is 32.2. The predicted octanol–water partition coefficient (Wildman–Crippen LogP) is 3.36. The van der Waals surface area contributed by atoms with Crippen molar-refractivity contribution in [3.8, 4) is 0 Å². The highest BCUT2D eigenvalue weighted by Crippen LogP contribution is 2.21. The van der Waals surface area contributed by atoms with E-state index in [0.717, 1.165) is 30.9 Å². The van der Waals surface area contributed by atoms with Crippen LogP contribution < -0.4 is 10.6 Å². The average molecular weight is 368 g/mol. The first kappa shape index (κ1) is 21.5. The third-order valence-electron chi connectivity index (χ3n) is 3.83. The molecule has 0 amide bonds. The second kappa shape index (κ2) is 9.22. The number of aliphatic imine (C=N–C) groups is 1. The van der Waals surface area contributed by atoms with Gasteiger partial charge < -0.3 is 10.6 Å². The molecule has 0 aromatic heterocycles. The Morgan fingerprint density at radius 2 is 1.80 bits per heavy atom. The third kappa shape index (κ3) is 8.91. The van der Waals surface area contributed by atoms with Crippen molar-refractivity contribution in [1.29, 1.82) is 0 Å². The molecule has 0 aliphatic rings. The molecular formula is C19H33N3O2S. The molecule has 0 spiro atoms. The quantitative estimate of drug-likeness (QED) is 0.573. The highest BCUT2D eigenvalue weighted by molar-refractivity contribution is 7.90. The fourth-order valence-corrected chi connectivity index (χ4v) is 2.92. The van der Waals surface area contributed by atoms with Crippen molar-refractivity contribution in [1.82, 2.24) is 10.6 Å². The van der Waals surface area contributed by atoms with Crippen molar-refractivity contribution in [3.63, 3.8) is 0 Å². The minimum Gasteiger partial charge on any atom is -0.357 e. The largest absolute Gasteiger partial charge is 0.357 e. The van der Waals surface area contributed by atoms with Gasteiger partial charge in [-0.15, -0.1) is 0 Å². The van der Waals surface area contributed by atoms with Crippen molar-refractivity contribution in [3.05, 3.63) is 29.8 Å². The van der Waals surface area contributed by atoms with E-state index in [1.165, 1.54) is 6.26 Å². The Labute approximate surface area is 153 Å². The molecule has 142 valence electrons. The molecule has 0 saturated heterocycles. The molecule has 1 aromatic rings. The molecule has 6 heteroatoms. The SMILES string of the molecule is CCNC(=NCc1ccc(S(C)(=O)=O)cc1)NC(C)CCC(C)(C)C. The number of benzene rings is 1. The Morgan fingerprint density at radius 1 is 1.20 bits per heavy atom. The van der Waals surface area contributed by atoms with Gasteiger partial charge in [0.2, 0.25) is 0 Å². The third-order valence-corrected chi connectivity index (χ3v) is 4.95. The van der Waals surface area contributed by atoms with Crippen LogP contribution in [0, 0.1) is 5.41 Å². The van der Waals surface area contributed by atoms with Crippen LogP contribution in [0.5, 0.6) is 0 Å². The van der Waals surface area contributed by atoms with Gasteiger partial charge in [-0.2, -0.15) is 0 Å². The van der Waals surface area contributed by atoms with E-state index in [1.807, 2.05) is 19.1 Å². The van der Waals surface area contributed by atoms with E-state index in [-0.39, 0.29) is 0 Å². The van der Waals surface area contributed by atoms with Crippen molar-refractivity contribution >= 4 is 15.8 Å². The van der Waals surface area contributed by atoms with Crippen molar-refractivity contribution in [2.45, 2.75) is 64.9 Å². The molecule has 1 unspecified atom stereocenters. The van der Waals surface area contributed by atoms with Crippen LogP contribution in [0.2, 0.25) is 0 Å². The maximum Gasteiger partial charge on any atom is 0.191 e. The van der Waals surface area contributed by atoms with Gasteiger partial charge in [0.1, 0.15) is 0 Å². The number of hydrogen-bond donors (Lipinski definition) is 2. The Bertz CT molecular complexity index is 659. The van der Waals surface area contributed by atoms with E-state index >= 15 is 0 Å². The van der Waals surface area contributed by atoms with Crippen LogP contribution in [-0.4, -0.2) is 33.2 Å². The maximum absolute atomic E-state index is 11.5. The lowest BCUT2D eigenvalue weighted by Gasteiger charge is -2.23. The molecule has 0 saturated carbocycles. The minimum absolute atomic E-state index is 0.326. The zero-order valence-electron chi connectivity index (χ0n) is 16.4. The molecule has 0 aliphatic heterocycles. The number of hydrogen-bond acceptors (Lipinski definition) is 3. The van der Waals surface area contributed by atoms with Crippen LogP contribution in [0.1, 0.15) is 53.0 Å². The minimum atomic E-state index is -3.15. The second-order valence-electron chi connectivity index (χ2n) is 7.76. The Balaban J connectivity index is 2.68. The lowest BCUT2D eigenvalue weighted by atomic mass is 9.89. The van der Waals surface area contributed by atoms with E-state index in [1.54, 1.807) is 12.1 Å². The van der Waals surface area contributed by atoms with Crippen molar-refractivity contribution < 1.29 is 8.42 Å². The molecule has 2 N–H and O–H groups in total. The number of rotatable bonds is 7. The number of guanidine groups is 1. The zero-order valence-corrected chi connectivity index (χ0v) is 17.2. The zero-order chi connectivity index (χ0) is 19.1. The monoisotopic (exact) mass is 367 g/mol. The van der Waals surface area contributed by atoms with E-state index in [4.69, 9.17) is 0 Å². The fraction of sp³-hybridized carbons (Fsp3) is 0.632. The number of nitrogens with one attached hydrogen (secondary N) is 2. The van der Waals surface area contributed by atoms with Crippen molar-refractivity contribution in [2.24, 2.45) is 10.4 Å². The summed E-state index contributed by atoms with van der Waals surface area (Å²) < 4.78 is 23.0. The van der Waals surface area contributed by atoms with Gasteiger partial charge in [0.25, 0.3) is 0 Å². The molecule has 1 aromatic carbocycles. The number of nitrogens with zero attached hydrogens (tertiary/aromatic N) is 1. The summed E-state index contributed by atoms with van der Waals surface area (Å²) in [5.41, 5.74) is 1.30. The van der Waals surface area contributed by atoms with Gasteiger partial charge in [0, 0.05) is 18.8 Å². The van der Waals surface area contributed by atoms with E-state index < -0.39 is 9.84 Å². The molecule has 25 heavy (non-hydrogen) atoms.